The SMILES string of the molecule is O=P(O)(O)C(Nc1cccc(Cl)c1)c1ccccc1. The van der Waals surface area contributed by atoms with E-state index in [0.29, 0.717) is 16.3 Å². The van der Waals surface area contributed by atoms with E-state index in [1.807, 2.05) is 0 Å². The van der Waals surface area contributed by atoms with Crippen molar-refractivity contribution in [3.8, 4) is 0 Å². The summed E-state index contributed by atoms with van der Waals surface area (Å²) in [6.07, 6.45) is 0. The Hall–Kier alpha value is -1.32. The Labute approximate surface area is 116 Å². The van der Waals surface area contributed by atoms with Crippen molar-refractivity contribution >= 4 is 24.9 Å². The summed E-state index contributed by atoms with van der Waals surface area (Å²) in [7, 11) is -4.33. The van der Waals surface area contributed by atoms with E-state index in [4.69, 9.17) is 11.6 Å². The lowest BCUT2D eigenvalue weighted by Gasteiger charge is -2.21. The van der Waals surface area contributed by atoms with Gasteiger partial charge in [0.25, 0.3) is 0 Å². The molecule has 0 fully saturated rings. The van der Waals surface area contributed by atoms with E-state index >= 15 is 0 Å². The van der Waals surface area contributed by atoms with Crippen LogP contribution in [0.5, 0.6) is 0 Å². The number of benzene rings is 2. The van der Waals surface area contributed by atoms with Crippen LogP contribution < -0.4 is 5.32 Å². The lowest BCUT2D eigenvalue weighted by Crippen LogP contribution is -2.11. The Balaban J connectivity index is 2.33. The summed E-state index contributed by atoms with van der Waals surface area (Å²) in [6, 6.07) is 15.3. The van der Waals surface area contributed by atoms with Gasteiger partial charge in [0.05, 0.1) is 0 Å². The van der Waals surface area contributed by atoms with Crippen molar-refractivity contribution in [3.05, 3.63) is 65.2 Å². The summed E-state index contributed by atoms with van der Waals surface area (Å²) >= 11 is 5.85. The largest absolute Gasteiger partial charge is 0.368 e. The van der Waals surface area contributed by atoms with E-state index < -0.39 is 13.4 Å². The van der Waals surface area contributed by atoms with Crippen LogP contribution in [0.1, 0.15) is 11.3 Å². The van der Waals surface area contributed by atoms with Gasteiger partial charge in [0.15, 0.2) is 5.78 Å². The molecule has 0 saturated heterocycles. The summed E-state index contributed by atoms with van der Waals surface area (Å²) in [5.74, 6) is -1.09. The zero-order chi connectivity index (χ0) is 13.9. The van der Waals surface area contributed by atoms with E-state index in [1.54, 1.807) is 54.6 Å². The molecule has 0 spiro atoms. The zero-order valence-corrected chi connectivity index (χ0v) is 11.6. The highest BCUT2D eigenvalue weighted by atomic mass is 35.5. The van der Waals surface area contributed by atoms with Crippen molar-refractivity contribution in [2.45, 2.75) is 5.78 Å². The van der Waals surface area contributed by atoms with Crippen molar-refractivity contribution in [2.75, 3.05) is 5.32 Å². The van der Waals surface area contributed by atoms with Crippen LogP contribution in [0.4, 0.5) is 5.69 Å². The first-order chi connectivity index (χ1) is 8.97. The molecule has 0 aliphatic carbocycles. The third kappa shape index (κ3) is 3.82. The number of rotatable bonds is 4. The van der Waals surface area contributed by atoms with Crippen LogP contribution in [0.3, 0.4) is 0 Å². The van der Waals surface area contributed by atoms with Gasteiger partial charge in [0, 0.05) is 10.7 Å². The minimum atomic E-state index is -4.33. The molecule has 0 radical (unpaired) electrons. The van der Waals surface area contributed by atoms with E-state index in [2.05, 4.69) is 5.32 Å². The van der Waals surface area contributed by atoms with Gasteiger partial charge in [-0.3, -0.25) is 4.57 Å². The Morgan fingerprint density at radius 2 is 1.74 bits per heavy atom. The molecule has 6 heteroatoms. The highest BCUT2D eigenvalue weighted by Crippen LogP contribution is 2.51. The summed E-state index contributed by atoms with van der Waals surface area (Å²) in [4.78, 5) is 19.0. The molecule has 2 aromatic rings. The predicted molar refractivity (Wildman–Crippen MR) is 76.3 cm³/mol. The lowest BCUT2D eigenvalue weighted by atomic mass is 10.2. The van der Waals surface area contributed by atoms with Crippen LogP contribution in [0, 0.1) is 0 Å². The highest BCUT2D eigenvalue weighted by molar-refractivity contribution is 7.52. The molecule has 3 N–H and O–H groups in total. The van der Waals surface area contributed by atoms with Crippen LogP contribution in [-0.4, -0.2) is 9.79 Å². The Kier molecular flexibility index (Phi) is 4.27. The maximum atomic E-state index is 11.6. The minimum absolute atomic E-state index is 0.502. The molecule has 2 aromatic carbocycles. The fraction of sp³-hybridized carbons (Fsp3) is 0.0769. The molecule has 0 heterocycles. The molecular weight excluding hydrogens is 285 g/mol. The third-order valence-electron chi connectivity index (χ3n) is 2.58. The average molecular weight is 298 g/mol. The second-order valence-electron chi connectivity index (χ2n) is 4.06. The monoisotopic (exact) mass is 297 g/mol. The van der Waals surface area contributed by atoms with Crippen LogP contribution in [-0.2, 0) is 4.57 Å². The molecule has 0 bridgehead atoms. The molecule has 0 saturated carbocycles. The molecule has 100 valence electrons. The first-order valence-corrected chi connectivity index (χ1v) is 7.65. The van der Waals surface area contributed by atoms with Gasteiger partial charge in [-0.05, 0) is 23.8 Å². The van der Waals surface area contributed by atoms with Gasteiger partial charge in [-0.1, -0.05) is 48.0 Å². The highest BCUT2D eigenvalue weighted by Gasteiger charge is 2.30. The number of halogens is 1. The molecule has 4 nitrogen and oxygen atoms in total. The van der Waals surface area contributed by atoms with Gasteiger partial charge in [-0.15, -0.1) is 0 Å². The van der Waals surface area contributed by atoms with Gasteiger partial charge in [-0.25, -0.2) is 0 Å². The van der Waals surface area contributed by atoms with Crippen molar-refractivity contribution in [1.82, 2.24) is 0 Å². The van der Waals surface area contributed by atoms with Gasteiger partial charge in [0.2, 0.25) is 0 Å². The molecular formula is C13H13ClNO3P. The van der Waals surface area contributed by atoms with Crippen molar-refractivity contribution in [1.29, 1.82) is 0 Å². The molecule has 0 aromatic heterocycles. The predicted octanol–water partition coefficient (Wildman–Crippen LogP) is 3.63. The topological polar surface area (TPSA) is 69.6 Å². The first-order valence-electron chi connectivity index (χ1n) is 5.59. The Bertz CT molecular complexity index is 600. The molecule has 0 aliphatic heterocycles. The van der Waals surface area contributed by atoms with E-state index in [1.165, 1.54) is 0 Å². The zero-order valence-electron chi connectivity index (χ0n) is 9.90. The van der Waals surface area contributed by atoms with Crippen molar-refractivity contribution in [2.24, 2.45) is 0 Å². The Morgan fingerprint density at radius 3 is 2.32 bits per heavy atom. The number of hydrogen-bond donors (Lipinski definition) is 3. The second kappa shape index (κ2) is 5.76. The smallest absolute Gasteiger partial charge is 0.352 e. The van der Waals surface area contributed by atoms with Crippen molar-refractivity contribution in [3.63, 3.8) is 0 Å². The summed E-state index contributed by atoms with van der Waals surface area (Å²) < 4.78 is 11.6. The maximum absolute atomic E-state index is 11.6. The second-order valence-corrected chi connectivity index (χ2v) is 6.19. The Morgan fingerprint density at radius 1 is 1.05 bits per heavy atom. The fourth-order valence-electron chi connectivity index (χ4n) is 1.73. The molecule has 0 amide bonds. The standard InChI is InChI=1S/C13H13ClNO3P/c14-11-7-4-8-12(9-11)15-13(19(16,17)18)10-5-2-1-3-6-10/h1-9,13,15H,(H2,16,17,18). The van der Waals surface area contributed by atoms with E-state index in [0.717, 1.165) is 0 Å². The maximum Gasteiger partial charge on any atom is 0.352 e. The first kappa shape index (κ1) is 14.1. The molecule has 19 heavy (non-hydrogen) atoms. The van der Waals surface area contributed by atoms with Crippen LogP contribution in [0.15, 0.2) is 54.6 Å². The van der Waals surface area contributed by atoms with Gasteiger partial charge >= 0.3 is 7.60 Å². The molecule has 2 rings (SSSR count). The van der Waals surface area contributed by atoms with E-state index in [9.17, 15) is 14.4 Å². The van der Waals surface area contributed by atoms with Gasteiger partial charge in [-0.2, -0.15) is 0 Å². The van der Waals surface area contributed by atoms with Crippen LogP contribution in [0.2, 0.25) is 5.02 Å². The number of nitrogens with one attached hydrogen (secondary N) is 1. The molecule has 0 aliphatic rings. The molecule has 1 unspecified atom stereocenters. The summed E-state index contributed by atoms with van der Waals surface area (Å²) in [5, 5.41) is 3.33. The summed E-state index contributed by atoms with van der Waals surface area (Å²) in [5.41, 5.74) is 1.08. The number of anilines is 1. The van der Waals surface area contributed by atoms with Gasteiger partial charge < -0.3 is 15.1 Å². The quantitative estimate of drug-likeness (QED) is 0.754. The van der Waals surface area contributed by atoms with Crippen LogP contribution in [0.25, 0.3) is 0 Å². The fourth-order valence-corrected chi connectivity index (χ4v) is 2.80. The number of hydrogen-bond acceptors (Lipinski definition) is 2. The van der Waals surface area contributed by atoms with E-state index in [-0.39, 0.29) is 0 Å². The van der Waals surface area contributed by atoms with Crippen LogP contribution >= 0.6 is 19.2 Å². The lowest BCUT2D eigenvalue weighted by molar-refractivity contribution is 0.363. The van der Waals surface area contributed by atoms with Gasteiger partial charge in [0.1, 0.15) is 0 Å². The summed E-state index contributed by atoms with van der Waals surface area (Å²) in [6.45, 7) is 0. The normalized spacial score (nSPS) is 13.0. The third-order valence-corrected chi connectivity index (χ3v) is 3.91. The van der Waals surface area contributed by atoms with Crippen molar-refractivity contribution < 1.29 is 14.4 Å². The average Bonchev–Trinajstić information content (AvgIpc) is 2.36. The minimum Gasteiger partial charge on any atom is -0.368 e. The molecule has 1 atom stereocenters.